The SMILES string of the molecule is Cc1ccccc1CC(O)c1ncccc1Br. The van der Waals surface area contributed by atoms with Crippen LogP contribution in [0.25, 0.3) is 0 Å². The van der Waals surface area contributed by atoms with E-state index in [2.05, 4.69) is 33.9 Å². The number of aliphatic hydroxyl groups excluding tert-OH is 1. The highest BCUT2D eigenvalue weighted by Gasteiger charge is 2.13. The van der Waals surface area contributed by atoms with Crippen LogP contribution in [-0.4, -0.2) is 10.1 Å². The van der Waals surface area contributed by atoms with E-state index in [1.807, 2.05) is 30.3 Å². The normalized spacial score (nSPS) is 12.4. The summed E-state index contributed by atoms with van der Waals surface area (Å²) in [5, 5.41) is 10.2. The molecule has 1 N–H and O–H groups in total. The number of hydrogen-bond acceptors (Lipinski definition) is 2. The number of nitrogens with zero attached hydrogens (tertiary/aromatic N) is 1. The lowest BCUT2D eigenvalue weighted by molar-refractivity contribution is 0.172. The average Bonchev–Trinajstić information content (AvgIpc) is 2.32. The molecule has 0 fully saturated rings. The fourth-order valence-electron chi connectivity index (χ4n) is 1.79. The smallest absolute Gasteiger partial charge is 0.101 e. The minimum atomic E-state index is -0.577. The second kappa shape index (κ2) is 5.43. The fraction of sp³-hybridized carbons (Fsp3) is 0.214. The third-order valence-corrected chi connectivity index (χ3v) is 3.45. The minimum absolute atomic E-state index is 0.577. The van der Waals surface area contributed by atoms with E-state index >= 15 is 0 Å². The van der Waals surface area contributed by atoms with E-state index in [9.17, 15) is 5.11 Å². The Balaban J connectivity index is 2.20. The van der Waals surface area contributed by atoms with Gasteiger partial charge in [0.15, 0.2) is 0 Å². The molecule has 1 atom stereocenters. The first-order valence-corrected chi connectivity index (χ1v) is 6.31. The molecule has 2 rings (SSSR count). The zero-order chi connectivity index (χ0) is 12.3. The summed E-state index contributed by atoms with van der Waals surface area (Å²) in [6.45, 7) is 2.05. The molecule has 17 heavy (non-hydrogen) atoms. The molecule has 0 aliphatic rings. The first kappa shape index (κ1) is 12.3. The Morgan fingerprint density at radius 1 is 1.24 bits per heavy atom. The van der Waals surface area contributed by atoms with E-state index in [0.29, 0.717) is 12.1 Å². The van der Waals surface area contributed by atoms with Gasteiger partial charge in [-0.15, -0.1) is 0 Å². The minimum Gasteiger partial charge on any atom is -0.386 e. The largest absolute Gasteiger partial charge is 0.386 e. The van der Waals surface area contributed by atoms with Crippen molar-refractivity contribution in [2.24, 2.45) is 0 Å². The maximum Gasteiger partial charge on any atom is 0.101 e. The number of aliphatic hydroxyl groups is 1. The summed E-state index contributed by atoms with van der Waals surface area (Å²) < 4.78 is 0.848. The Morgan fingerprint density at radius 2 is 2.00 bits per heavy atom. The summed E-state index contributed by atoms with van der Waals surface area (Å²) in [5.74, 6) is 0. The highest BCUT2D eigenvalue weighted by molar-refractivity contribution is 9.10. The van der Waals surface area contributed by atoms with Crippen LogP contribution in [0.15, 0.2) is 47.1 Å². The first-order chi connectivity index (χ1) is 8.18. The molecule has 1 aromatic carbocycles. The van der Waals surface area contributed by atoms with Crippen molar-refractivity contribution in [2.75, 3.05) is 0 Å². The van der Waals surface area contributed by atoms with E-state index in [0.717, 1.165) is 10.0 Å². The van der Waals surface area contributed by atoms with E-state index in [1.54, 1.807) is 6.20 Å². The zero-order valence-corrected chi connectivity index (χ0v) is 11.2. The quantitative estimate of drug-likeness (QED) is 0.940. The summed E-state index contributed by atoms with van der Waals surface area (Å²) >= 11 is 3.41. The molecule has 1 aromatic heterocycles. The van der Waals surface area contributed by atoms with Gasteiger partial charge in [-0.25, -0.2) is 0 Å². The van der Waals surface area contributed by atoms with Gasteiger partial charge in [0, 0.05) is 17.1 Å². The molecule has 3 heteroatoms. The third-order valence-electron chi connectivity index (χ3n) is 2.78. The Hall–Kier alpha value is -1.19. The van der Waals surface area contributed by atoms with Gasteiger partial charge in [0.25, 0.3) is 0 Å². The summed E-state index contributed by atoms with van der Waals surface area (Å²) in [4.78, 5) is 4.21. The second-order valence-electron chi connectivity index (χ2n) is 4.02. The topological polar surface area (TPSA) is 33.1 Å². The number of rotatable bonds is 3. The Kier molecular flexibility index (Phi) is 3.92. The molecule has 0 aliphatic carbocycles. The molecule has 0 radical (unpaired) electrons. The third kappa shape index (κ3) is 2.93. The molecule has 0 aliphatic heterocycles. The molecule has 0 saturated heterocycles. The van der Waals surface area contributed by atoms with Crippen LogP contribution in [0.4, 0.5) is 0 Å². The van der Waals surface area contributed by atoms with Gasteiger partial charge >= 0.3 is 0 Å². The molecular weight excluding hydrogens is 278 g/mol. The van der Waals surface area contributed by atoms with Crippen LogP contribution in [0, 0.1) is 6.92 Å². The summed E-state index contributed by atoms with van der Waals surface area (Å²) in [5.41, 5.74) is 3.03. The average molecular weight is 292 g/mol. The Bertz CT molecular complexity index is 513. The molecule has 0 spiro atoms. The summed E-state index contributed by atoms with van der Waals surface area (Å²) in [7, 11) is 0. The highest BCUT2D eigenvalue weighted by atomic mass is 79.9. The predicted octanol–water partition coefficient (Wildman–Crippen LogP) is 3.43. The van der Waals surface area contributed by atoms with Gasteiger partial charge in [0.05, 0.1) is 5.69 Å². The maximum absolute atomic E-state index is 10.2. The molecule has 1 unspecified atom stereocenters. The van der Waals surface area contributed by atoms with Crippen LogP contribution in [0.3, 0.4) is 0 Å². The summed E-state index contributed by atoms with van der Waals surface area (Å²) in [6.07, 6.45) is 1.70. The van der Waals surface area contributed by atoms with E-state index in [1.165, 1.54) is 5.56 Å². The van der Waals surface area contributed by atoms with Crippen LogP contribution in [0.2, 0.25) is 0 Å². The molecule has 0 amide bonds. The number of hydrogen-bond donors (Lipinski definition) is 1. The highest BCUT2D eigenvalue weighted by Crippen LogP contribution is 2.24. The summed E-state index contributed by atoms with van der Waals surface area (Å²) in [6, 6.07) is 11.8. The van der Waals surface area contributed by atoms with Crippen LogP contribution in [0.1, 0.15) is 22.9 Å². The number of halogens is 1. The van der Waals surface area contributed by atoms with Crippen LogP contribution in [0.5, 0.6) is 0 Å². The Morgan fingerprint density at radius 3 is 2.71 bits per heavy atom. The number of benzene rings is 1. The van der Waals surface area contributed by atoms with Crippen molar-refractivity contribution in [2.45, 2.75) is 19.4 Å². The molecule has 2 nitrogen and oxygen atoms in total. The van der Waals surface area contributed by atoms with Crippen molar-refractivity contribution in [1.29, 1.82) is 0 Å². The van der Waals surface area contributed by atoms with Gasteiger partial charge in [-0.05, 0) is 46.1 Å². The van der Waals surface area contributed by atoms with Gasteiger partial charge in [-0.2, -0.15) is 0 Å². The van der Waals surface area contributed by atoms with Gasteiger partial charge in [-0.3, -0.25) is 4.98 Å². The molecular formula is C14H14BrNO. The lowest BCUT2D eigenvalue weighted by Crippen LogP contribution is -2.05. The lowest BCUT2D eigenvalue weighted by atomic mass is 10.0. The molecule has 1 heterocycles. The van der Waals surface area contributed by atoms with Crippen molar-refractivity contribution in [3.63, 3.8) is 0 Å². The van der Waals surface area contributed by atoms with Crippen LogP contribution < -0.4 is 0 Å². The first-order valence-electron chi connectivity index (χ1n) is 5.51. The monoisotopic (exact) mass is 291 g/mol. The lowest BCUT2D eigenvalue weighted by Gasteiger charge is -2.13. The molecule has 88 valence electrons. The number of pyridine rings is 1. The predicted molar refractivity (Wildman–Crippen MR) is 71.8 cm³/mol. The number of aromatic nitrogens is 1. The van der Waals surface area contributed by atoms with Gasteiger partial charge in [0.2, 0.25) is 0 Å². The molecule has 2 aromatic rings. The number of aryl methyl sites for hydroxylation is 1. The Labute approximate surface area is 109 Å². The van der Waals surface area contributed by atoms with Crippen molar-refractivity contribution in [1.82, 2.24) is 4.98 Å². The fourth-order valence-corrected chi connectivity index (χ4v) is 2.31. The molecule has 0 bridgehead atoms. The van der Waals surface area contributed by atoms with E-state index in [-0.39, 0.29) is 0 Å². The van der Waals surface area contributed by atoms with Crippen molar-refractivity contribution in [3.8, 4) is 0 Å². The van der Waals surface area contributed by atoms with Crippen LogP contribution >= 0.6 is 15.9 Å². The van der Waals surface area contributed by atoms with Crippen molar-refractivity contribution < 1.29 is 5.11 Å². The van der Waals surface area contributed by atoms with E-state index < -0.39 is 6.10 Å². The van der Waals surface area contributed by atoms with Crippen molar-refractivity contribution in [3.05, 3.63) is 63.9 Å². The maximum atomic E-state index is 10.2. The van der Waals surface area contributed by atoms with Crippen molar-refractivity contribution >= 4 is 15.9 Å². The van der Waals surface area contributed by atoms with E-state index in [4.69, 9.17) is 0 Å². The van der Waals surface area contributed by atoms with Gasteiger partial charge in [0.1, 0.15) is 6.10 Å². The second-order valence-corrected chi connectivity index (χ2v) is 4.87. The van der Waals surface area contributed by atoms with Gasteiger partial charge < -0.3 is 5.11 Å². The standard InChI is InChI=1S/C14H14BrNO/c1-10-5-2-3-6-11(10)9-13(17)14-12(15)7-4-8-16-14/h2-8,13,17H,9H2,1H3. The van der Waals surface area contributed by atoms with Gasteiger partial charge in [-0.1, -0.05) is 24.3 Å². The van der Waals surface area contributed by atoms with Crippen LogP contribution in [-0.2, 0) is 6.42 Å². The zero-order valence-electron chi connectivity index (χ0n) is 9.60. The molecule has 0 saturated carbocycles.